The molecule has 1 aromatic rings. The normalized spacial score (nSPS) is 10.4. The van der Waals surface area contributed by atoms with E-state index in [4.69, 9.17) is 19.8 Å². The molecule has 120 valence electrons. The summed E-state index contributed by atoms with van der Waals surface area (Å²) in [6.45, 7) is 0. The minimum absolute atomic E-state index is 1.29. The largest absolute Gasteiger partial charge is 0.542 e. The van der Waals surface area contributed by atoms with Gasteiger partial charge in [-0.15, -0.1) is 0 Å². The van der Waals surface area contributed by atoms with E-state index in [1.807, 2.05) is 18.2 Å². The van der Waals surface area contributed by atoms with Crippen molar-refractivity contribution >= 4 is 34.5 Å². The molecule has 0 aliphatic carbocycles. The lowest BCUT2D eigenvalue weighted by Crippen LogP contribution is -2.37. The maximum atomic E-state index is 10.5. The van der Waals surface area contributed by atoms with Crippen molar-refractivity contribution in [3.8, 4) is 0 Å². The first kappa shape index (κ1) is 21.8. The highest BCUT2D eigenvalue weighted by atomic mass is 127. The molecule has 0 heterocycles. The molecule has 4 nitrogen and oxygen atoms in total. The summed E-state index contributed by atoms with van der Waals surface area (Å²) in [6.07, 6.45) is -10.4. The average molecular weight is 430 g/mol. The SMILES string of the molecule is Ic1ccccc1.O=C([O-])C(F)(F)F.O=C([O-])C(F)(F)F. The van der Waals surface area contributed by atoms with Crippen LogP contribution in [0.1, 0.15) is 0 Å². The number of carboxylic acid groups (broad SMARTS) is 2. The Labute approximate surface area is 127 Å². The van der Waals surface area contributed by atoms with Gasteiger partial charge in [0.2, 0.25) is 0 Å². The summed E-state index contributed by atoms with van der Waals surface area (Å²) in [5.41, 5.74) is 0. The van der Waals surface area contributed by atoms with Crippen LogP contribution in [0.4, 0.5) is 26.3 Å². The molecule has 0 aliphatic heterocycles. The van der Waals surface area contributed by atoms with Gasteiger partial charge < -0.3 is 19.8 Å². The quantitative estimate of drug-likeness (QED) is 0.453. The molecule has 21 heavy (non-hydrogen) atoms. The van der Waals surface area contributed by atoms with Gasteiger partial charge in [0.05, 0.1) is 0 Å². The minimum Gasteiger partial charge on any atom is -0.542 e. The molecule has 0 fully saturated rings. The zero-order valence-corrected chi connectivity index (χ0v) is 11.8. The van der Waals surface area contributed by atoms with E-state index in [9.17, 15) is 26.3 Å². The molecule has 0 unspecified atom stereocenters. The zero-order valence-electron chi connectivity index (χ0n) is 9.67. The number of hydrogen-bond donors (Lipinski definition) is 0. The van der Waals surface area contributed by atoms with E-state index in [1.165, 1.54) is 3.57 Å². The Balaban J connectivity index is 0. The highest BCUT2D eigenvalue weighted by Crippen LogP contribution is 2.12. The fourth-order valence-corrected chi connectivity index (χ4v) is 0.830. The Bertz CT molecular complexity index is 419. The average Bonchev–Trinajstić information content (AvgIpc) is 2.28. The van der Waals surface area contributed by atoms with Gasteiger partial charge in [0.15, 0.2) is 0 Å². The Morgan fingerprint density at radius 2 is 1.05 bits per heavy atom. The molecular formula is C10H5F6IO4-2. The number of aliphatic carboxylic acids is 2. The maximum absolute atomic E-state index is 10.5. The number of carbonyl (C=O) groups is 2. The van der Waals surface area contributed by atoms with Crippen molar-refractivity contribution in [1.82, 2.24) is 0 Å². The molecule has 0 saturated carbocycles. The summed E-state index contributed by atoms with van der Waals surface area (Å²) in [4.78, 5) is 17.6. The van der Waals surface area contributed by atoms with Crippen LogP contribution < -0.4 is 10.2 Å². The van der Waals surface area contributed by atoms with Crippen molar-refractivity contribution in [2.45, 2.75) is 12.4 Å². The zero-order chi connectivity index (χ0) is 17.3. The number of benzene rings is 1. The molecule has 0 aromatic heterocycles. The van der Waals surface area contributed by atoms with Crippen LogP contribution in [0, 0.1) is 3.57 Å². The molecule has 0 bridgehead atoms. The van der Waals surface area contributed by atoms with Gasteiger partial charge in [0, 0.05) is 3.57 Å². The molecular weight excluding hydrogens is 425 g/mol. The first-order chi connectivity index (χ1) is 9.28. The predicted molar refractivity (Wildman–Crippen MR) is 61.3 cm³/mol. The van der Waals surface area contributed by atoms with Gasteiger partial charge in [-0.05, 0) is 34.7 Å². The standard InChI is InChI=1S/C6H5I.2C2HF3O2/c7-6-4-2-1-3-5-6;2*3-2(4,5)1(6)7/h1-5H;2*(H,6,7)/p-2. The molecule has 0 amide bonds. The van der Waals surface area contributed by atoms with E-state index in [1.54, 1.807) is 0 Å². The first-order valence-electron chi connectivity index (χ1n) is 4.55. The summed E-state index contributed by atoms with van der Waals surface area (Å²) in [5, 5.41) is 17.6. The molecule has 1 rings (SSSR count). The Hall–Kier alpha value is -1.53. The number of hydrogen-bond acceptors (Lipinski definition) is 4. The van der Waals surface area contributed by atoms with Gasteiger partial charge in [-0.2, -0.15) is 26.3 Å². The molecule has 1 aromatic carbocycles. The molecule has 0 radical (unpaired) electrons. The summed E-state index contributed by atoms with van der Waals surface area (Å²) < 4.78 is 64.4. The first-order valence-corrected chi connectivity index (χ1v) is 5.63. The van der Waals surface area contributed by atoms with Crippen molar-refractivity contribution in [2.75, 3.05) is 0 Å². The van der Waals surface area contributed by atoms with E-state index >= 15 is 0 Å². The van der Waals surface area contributed by atoms with Crippen molar-refractivity contribution in [2.24, 2.45) is 0 Å². The Morgan fingerprint density at radius 1 is 0.810 bits per heavy atom. The van der Waals surface area contributed by atoms with E-state index < -0.39 is 24.3 Å². The van der Waals surface area contributed by atoms with Crippen molar-refractivity contribution < 1.29 is 46.1 Å². The second kappa shape index (κ2) is 9.41. The topological polar surface area (TPSA) is 80.3 Å². The summed E-state index contributed by atoms with van der Waals surface area (Å²) in [7, 11) is 0. The molecule has 0 aliphatic rings. The summed E-state index contributed by atoms with van der Waals surface area (Å²) in [6, 6.07) is 10.2. The maximum Gasteiger partial charge on any atom is 0.430 e. The Kier molecular flexibility index (Phi) is 9.76. The van der Waals surface area contributed by atoms with Gasteiger partial charge >= 0.3 is 12.4 Å². The fourth-order valence-electron chi connectivity index (χ4n) is 0.415. The minimum atomic E-state index is -5.19. The van der Waals surface area contributed by atoms with Crippen molar-refractivity contribution in [1.29, 1.82) is 0 Å². The van der Waals surface area contributed by atoms with Crippen LogP contribution in [0.15, 0.2) is 30.3 Å². The third-order valence-electron chi connectivity index (χ3n) is 1.20. The molecule has 0 spiro atoms. The summed E-state index contributed by atoms with van der Waals surface area (Å²) in [5.74, 6) is -6.01. The van der Waals surface area contributed by atoms with Crippen LogP contribution in [0.25, 0.3) is 0 Å². The van der Waals surface area contributed by atoms with Crippen LogP contribution in [-0.4, -0.2) is 24.3 Å². The van der Waals surface area contributed by atoms with E-state index in [0.717, 1.165) is 0 Å². The third kappa shape index (κ3) is 14.7. The molecule has 0 saturated heterocycles. The number of rotatable bonds is 0. The lowest BCUT2D eigenvalue weighted by atomic mass is 10.4. The van der Waals surface area contributed by atoms with Gasteiger partial charge in [-0.3, -0.25) is 0 Å². The summed E-state index contributed by atoms with van der Waals surface area (Å²) >= 11 is 2.28. The van der Waals surface area contributed by atoms with Gasteiger partial charge in [0.25, 0.3) is 0 Å². The smallest absolute Gasteiger partial charge is 0.430 e. The monoisotopic (exact) mass is 430 g/mol. The molecule has 0 atom stereocenters. The van der Waals surface area contributed by atoms with Crippen LogP contribution in [0.2, 0.25) is 0 Å². The lowest BCUT2D eigenvalue weighted by Gasteiger charge is -2.03. The lowest BCUT2D eigenvalue weighted by molar-refractivity contribution is -0.344. The van der Waals surface area contributed by atoms with Crippen LogP contribution in [0.5, 0.6) is 0 Å². The van der Waals surface area contributed by atoms with E-state index in [0.29, 0.717) is 0 Å². The van der Waals surface area contributed by atoms with Gasteiger partial charge in [-0.25, -0.2) is 0 Å². The van der Waals surface area contributed by atoms with Gasteiger partial charge in [-0.1, -0.05) is 18.2 Å². The second-order valence-corrected chi connectivity index (χ2v) is 4.11. The third-order valence-corrected chi connectivity index (χ3v) is 1.92. The molecule has 0 N–H and O–H groups in total. The number of alkyl halides is 6. The fraction of sp³-hybridized carbons (Fsp3) is 0.200. The number of halogens is 7. The van der Waals surface area contributed by atoms with Crippen molar-refractivity contribution in [3.63, 3.8) is 0 Å². The van der Waals surface area contributed by atoms with Gasteiger partial charge in [0.1, 0.15) is 11.9 Å². The van der Waals surface area contributed by atoms with Crippen LogP contribution in [-0.2, 0) is 9.59 Å². The van der Waals surface area contributed by atoms with E-state index in [-0.39, 0.29) is 0 Å². The highest BCUT2D eigenvalue weighted by Gasteiger charge is 2.29. The number of carbonyl (C=O) groups excluding carboxylic acids is 2. The van der Waals surface area contributed by atoms with Crippen LogP contribution in [0.3, 0.4) is 0 Å². The van der Waals surface area contributed by atoms with Crippen molar-refractivity contribution in [3.05, 3.63) is 33.9 Å². The highest BCUT2D eigenvalue weighted by molar-refractivity contribution is 14.1. The molecule has 11 heteroatoms. The predicted octanol–water partition coefficient (Wildman–Crippen LogP) is 0.888. The van der Waals surface area contributed by atoms with Crippen LogP contribution >= 0.6 is 22.6 Å². The number of carboxylic acids is 2. The second-order valence-electron chi connectivity index (χ2n) is 2.87. The Morgan fingerprint density at radius 3 is 1.14 bits per heavy atom. The van der Waals surface area contributed by atoms with E-state index in [2.05, 4.69) is 34.7 Å².